The molecule has 8 heteroatoms. The third-order valence-corrected chi connectivity index (χ3v) is 3.44. The van der Waals surface area contributed by atoms with Crippen LogP contribution >= 0.6 is 0 Å². The number of rotatable bonds is 4. The molecule has 5 nitrogen and oxygen atoms in total. The van der Waals surface area contributed by atoms with Crippen LogP contribution in [0.25, 0.3) is 11.6 Å². The third-order valence-electron chi connectivity index (χ3n) is 3.44. The second-order valence-electron chi connectivity index (χ2n) is 4.72. The predicted molar refractivity (Wildman–Crippen MR) is 69.0 cm³/mol. The molecule has 0 aromatic carbocycles. The molecule has 0 unspecified atom stereocenters. The van der Waals surface area contributed by atoms with E-state index in [0.29, 0.717) is 18.7 Å². The fourth-order valence-corrected chi connectivity index (χ4v) is 1.78. The second-order valence-corrected chi connectivity index (χ2v) is 4.72. The van der Waals surface area contributed by atoms with Crippen LogP contribution in [0, 0.1) is 0 Å². The summed E-state index contributed by atoms with van der Waals surface area (Å²) in [5, 5.41) is 3.80. The maximum atomic E-state index is 12.5. The van der Waals surface area contributed by atoms with Crippen LogP contribution in [0.3, 0.4) is 0 Å². The van der Waals surface area contributed by atoms with Gasteiger partial charge in [0.05, 0.1) is 11.1 Å². The Hall–Kier alpha value is -1.96. The highest BCUT2D eigenvalue weighted by atomic mass is 19.4. The average molecular weight is 300 g/mol. The fraction of sp³-hybridized carbons (Fsp3) is 0.462. The number of nitrogens with zero attached hydrogens (tertiary/aromatic N) is 3. The van der Waals surface area contributed by atoms with Crippen molar-refractivity contribution in [2.75, 3.05) is 0 Å². The SMILES string of the molecule is CCC(N)(CC)c1noc(-c2ccc(C(F)(F)F)cn2)n1. The first-order valence-corrected chi connectivity index (χ1v) is 6.47. The van der Waals surface area contributed by atoms with Crippen molar-refractivity contribution in [2.24, 2.45) is 5.73 Å². The molecule has 0 radical (unpaired) electrons. The zero-order chi connectivity index (χ0) is 15.7. The van der Waals surface area contributed by atoms with Gasteiger partial charge in [0, 0.05) is 6.20 Å². The number of pyridine rings is 1. The van der Waals surface area contributed by atoms with Crippen molar-refractivity contribution in [1.82, 2.24) is 15.1 Å². The summed E-state index contributed by atoms with van der Waals surface area (Å²) in [6.45, 7) is 3.80. The van der Waals surface area contributed by atoms with E-state index in [1.807, 2.05) is 13.8 Å². The Morgan fingerprint density at radius 2 is 1.86 bits per heavy atom. The van der Waals surface area contributed by atoms with Gasteiger partial charge >= 0.3 is 6.18 Å². The number of alkyl halides is 3. The topological polar surface area (TPSA) is 77.8 Å². The Bertz CT molecular complexity index is 603. The van der Waals surface area contributed by atoms with E-state index in [4.69, 9.17) is 10.3 Å². The summed E-state index contributed by atoms with van der Waals surface area (Å²) < 4.78 is 42.4. The Labute approximate surface area is 119 Å². The summed E-state index contributed by atoms with van der Waals surface area (Å²) in [5.74, 6) is 0.375. The van der Waals surface area contributed by atoms with Crippen LogP contribution in [0.15, 0.2) is 22.9 Å². The van der Waals surface area contributed by atoms with Crippen molar-refractivity contribution in [3.63, 3.8) is 0 Å². The van der Waals surface area contributed by atoms with Gasteiger partial charge in [0.2, 0.25) is 0 Å². The highest BCUT2D eigenvalue weighted by Crippen LogP contribution is 2.30. The number of hydrogen-bond donors (Lipinski definition) is 1. The summed E-state index contributed by atoms with van der Waals surface area (Å²) in [5.41, 5.74) is 4.77. The summed E-state index contributed by atoms with van der Waals surface area (Å²) in [7, 11) is 0. The van der Waals surface area contributed by atoms with Crippen LogP contribution < -0.4 is 5.73 Å². The average Bonchev–Trinajstić information content (AvgIpc) is 2.96. The zero-order valence-corrected chi connectivity index (χ0v) is 11.6. The molecule has 2 heterocycles. The van der Waals surface area contributed by atoms with Gasteiger partial charge in [-0.05, 0) is 25.0 Å². The van der Waals surface area contributed by atoms with Gasteiger partial charge in [-0.1, -0.05) is 19.0 Å². The molecule has 2 rings (SSSR count). The fourth-order valence-electron chi connectivity index (χ4n) is 1.78. The monoisotopic (exact) mass is 300 g/mol. The normalized spacial score (nSPS) is 12.7. The molecular weight excluding hydrogens is 285 g/mol. The molecule has 0 saturated carbocycles. The molecule has 0 fully saturated rings. The maximum absolute atomic E-state index is 12.5. The molecule has 0 aliphatic rings. The van der Waals surface area contributed by atoms with E-state index in [-0.39, 0.29) is 11.6 Å². The zero-order valence-electron chi connectivity index (χ0n) is 11.6. The van der Waals surface area contributed by atoms with Crippen LogP contribution in [-0.4, -0.2) is 15.1 Å². The lowest BCUT2D eigenvalue weighted by atomic mass is 9.93. The van der Waals surface area contributed by atoms with Gasteiger partial charge in [0.1, 0.15) is 5.69 Å². The van der Waals surface area contributed by atoms with Crippen LogP contribution in [0.2, 0.25) is 0 Å². The van der Waals surface area contributed by atoms with E-state index in [9.17, 15) is 13.2 Å². The third kappa shape index (κ3) is 3.05. The van der Waals surface area contributed by atoms with E-state index in [1.54, 1.807) is 0 Å². The number of hydrogen-bond acceptors (Lipinski definition) is 5. The Balaban J connectivity index is 2.30. The van der Waals surface area contributed by atoms with E-state index >= 15 is 0 Å². The standard InChI is InChI=1S/C13H15F3N4O/c1-3-12(17,4-2)11-19-10(21-20-11)9-6-5-8(7-18-9)13(14,15)16/h5-7H,3-4,17H2,1-2H3. The highest BCUT2D eigenvalue weighted by molar-refractivity contribution is 5.46. The highest BCUT2D eigenvalue weighted by Gasteiger charge is 2.32. The Morgan fingerprint density at radius 3 is 2.33 bits per heavy atom. The molecule has 0 bridgehead atoms. The molecular formula is C13H15F3N4O. The lowest BCUT2D eigenvalue weighted by molar-refractivity contribution is -0.137. The van der Waals surface area contributed by atoms with E-state index in [0.717, 1.165) is 12.3 Å². The van der Waals surface area contributed by atoms with E-state index in [1.165, 1.54) is 6.07 Å². The minimum atomic E-state index is -4.43. The number of nitrogens with two attached hydrogens (primary N) is 1. The minimum absolute atomic E-state index is 0.0513. The van der Waals surface area contributed by atoms with Crippen LogP contribution in [0.5, 0.6) is 0 Å². The second kappa shape index (κ2) is 5.44. The van der Waals surface area contributed by atoms with Gasteiger partial charge in [0.25, 0.3) is 5.89 Å². The summed E-state index contributed by atoms with van der Waals surface area (Å²) in [4.78, 5) is 7.84. The Kier molecular flexibility index (Phi) is 3.99. The van der Waals surface area contributed by atoms with Gasteiger partial charge in [-0.2, -0.15) is 18.2 Å². The van der Waals surface area contributed by atoms with Crippen molar-refractivity contribution >= 4 is 0 Å². The van der Waals surface area contributed by atoms with E-state index in [2.05, 4.69) is 15.1 Å². The number of aromatic nitrogens is 3. The molecule has 2 aromatic heterocycles. The summed E-state index contributed by atoms with van der Waals surface area (Å²) in [6, 6.07) is 2.11. The molecule has 2 aromatic rings. The van der Waals surface area contributed by atoms with Gasteiger partial charge in [-0.3, -0.25) is 4.98 Å². The van der Waals surface area contributed by atoms with Gasteiger partial charge in [0.15, 0.2) is 5.82 Å². The van der Waals surface area contributed by atoms with Crippen molar-refractivity contribution in [1.29, 1.82) is 0 Å². The van der Waals surface area contributed by atoms with Gasteiger partial charge < -0.3 is 10.3 Å². The van der Waals surface area contributed by atoms with Crippen molar-refractivity contribution < 1.29 is 17.7 Å². The molecule has 0 aliphatic heterocycles. The molecule has 0 amide bonds. The summed E-state index contributed by atoms with van der Waals surface area (Å²) in [6.07, 6.45) is -2.47. The molecule has 0 saturated heterocycles. The maximum Gasteiger partial charge on any atom is 0.417 e. The lowest BCUT2D eigenvalue weighted by Gasteiger charge is -2.21. The Morgan fingerprint density at radius 1 is 1.19 bits per heavy atom. The van der Waals surface area contributed by atoms with Crippen LogP contribution in [0.4, 0.5) is 13.2 Å². The molecule has 21 heavy (non-hydrogen) atoms. The first kappa shape index (κ1) is 15.4. The van der Waals surface area contributed by atoms with Crippen molar-refractivity contribution in [3.8, 4) is 11.6 Å². The first-order valence-electron chi connectivity index (χ1n) is 6.47. The van der Waals surface area contributed by atoms with E-state index < -0.39 is 17.3 Å². The predicted octanol–water partition coefficient (Wildman–Crippen LogP) is 3.12. The molecule has 2 N–H and O–H groups in total. The van der Waals surface area contributed by atoms with Gasteiger partial charge in [-0.15, -0.1) is 0 Å². The lowest BCUT2D eigenvalue weighted by Crippen LogP contribution is -2.36. The largest absolute Gasteiger partial charge is 0.417 e. The van der Waals surface area contributed by atoms with Crippen LogP contribution in [-0.2, 0) is 11.7 Å². The number of halogens is 3. The van der Waals surface area contributed by atoms with Crippen LogP contribution in [0.1, 0.15) is 38.1 Å². The molecule has 0 atom stereocenters. The molecule has 114 valence electrons. The first-order chi connectivity index (χ1) is 9.80. The smallest absolute Gasteiger partial charge is 0.332 e. The molecule has 0 aliphatic carbocycles. The van der Waals surface area contributed by atoms with Gasteiger partial charge in [-0.25, -0.2) is 0 Å². The minimum Gasteiger partial charge on any atom is -0.332 e. The quantitative estimate of drug-likeness (QED) is 0.938. The molecule has 0 spiro atoms. The van der Waals surface area contributed by atoms with Crippen molar-refractivity contribution in [3.05, 3.63) is 29.7 Å². The summed E-state index contributed by atoms with van der Waals surface area (Å²) >= 11 is 0. The van der Waals surface area contributed by atoms with Crippen molar-refractivity contribution in [2.45, 2.75) is 38.4 Å².